The number of hydrogen-bond donors (Lipinski definition) is 1. The molecule has 1 aromatic heterocycles. The van der Waals surface area contributed by atoms with Crippen molar-refractivity contribution in [1.29, 1.82) is 0 Å². The summed E-state index contributed by atoms with van der Waals surface area (Å²) in [5, 5.41) is 1.77. The summed E-state index contributed by atoms with van der Waals surface area (Å²) in [6.07, 6.45) is 0.0668. The molecule has 0 radical (unpaired) electrons. The molecule has 1 amide bonds. The highest BCUT2D eigenvalue weighted by Gasteiger charge is 2.24. The van der Waals surface area contributed by atoms with Gasteiger partial charge in [-0.1, -0.05) is 29.8 Å². The van der Waals surface area contributed by atoms with Crippen LogP contribution >= 0.6 is 11.6 Å². The predicted octanol–water partition coefficient (Wildman–Crippen LogP) is 4.05. The van der Waals surface area contributed by atoms with E-state index in [1.54, 1.807) is 0 Å². The van der Waals surface area contributed by atoms with Gasteiger partial charge in [0.15, 0.2) is 0 Å². The molecule has 28 heavy (non-hydrogen) atoms. The maximum Gasteiger partial charge on any atom is 0.270 e. The normalized spacial score (nSPS) is 16.3. The lowest BCUT2D eigenvalue weighted by Crippen LogP contribution is -2.50. The average molecular weight is 398 g/mol. The number of halogens is 1. The summed E-state index contributed by atoms with van der Waals surface area (Å²) in [6, 6.07) is 17.3. The van der Waals surface area contributed by atoms with Crippen molar-refractivity contribution in [1.82, 2.24) is 14.8 Å². The van der Waals surface area contributed by atoms with Crippen molar-refractivity contribution in [3.05, 3.63) is 65.3 Å². The topological polar surface area (TPSA) is 48.6 Å². The van der Waals surface area contributed by atoms with Gasteiger partial charge in [0.2, 0.25) is 0 Å². The lowest BCUT2D eigenvalue weighted by molar-refractivity contribution is 0.0572. The lowest BCUT2D eigenvalue weighted by Gasteiger charge is -2.35. The molecule has 4 rings (SSSR count). The molecule has 6 heteroatoms. The molecule has 2 heterocycles. The maximum absolute atomic E-state index is 12.8. The van der Waals surface area contributed by atoms with Crippen molar-refractivity contribution in [3.8, 4) is 5.75 Å². The van der Waals surface area contributed by atoms with Gasteiger partial charge >= 0.3 is 0 Å². The van der Waals surface area contributed by atoms with Crippen molar-refractivity contribution >= 4 is 28.4 Å². The van der Waals surface area contributed by atoms with Gasteiger partial charge in [-0.15, -0.1) is 0 Å². The Balaban J connectivity index is 1.29. The van der Waals surface area contributed by atoms with Crippen molar-refractivity contribution in [2.75, 3.05) is 32.7 Å². The van der Waals surface area contributed by atoms with E-state index in [2.05, 4.69) is 16.8 Å². The van der Waals surface area contributed by atoms with Gasteiger partial charge in [0, 0.05) is 48.6 Å². The molecular weight excluding hydrogens is 374 g/mol. The number of nitrogens with one attached hydrogen (secondary N) is 1. The number of carbonyl (C=O) groups is 1. The smallest absolute Gasteiger partial charge is 0.270 e. The third-order valence-electron chi connectivity index (χ3n) is 5.09. The number of ether oxygens (including phenoxy) is 1. The quantitative estimate of drug-likeness (QED) is 0.706. The van der Waals surface area contributed by atoms with Crippen LogP contribution in [0.4, 0.5) is 0 Å². The van der Waals surface area contributed by atoms with Crippen molar-refractivity contribution < 1.29 is 9.53 Å². The minimum Gasteiger partial charge on any atom is -0.489 e. The number of para-hydroxylation sites is 1. The van der Waals surface area contributed by atoms with Crippen LogP contribution in [0.15, 0.2) is 54.6 Å². The van der Waals surface area contributed by atoms with Crippen LogP contribution in [0, 0.1) is 0 Å². The standard InChI is InChI=1S/C22H24ClN3O2/c1-16(28-19-8-6-18(23)7-9-19)15-25-10-12-26(13-11-25)22(27)21-14-17-4-2-3-5-20(17)24-21/h2-9,14,16,24H,10-13,15H2,1H3. The number of rotatable bonds is 5. The number of H-pyrrole nitrogens is 1. The molecular formula is C22H24ClN3O2. The number of carbonyl (C=O) groups excluding carboxylic acids is 1. The Hall–Kier alpha value is -2.50. The van der Waals surface area contributed by atoms with Crippen LogP contribution in [-0.4, -0.2) is 59.5 Å². The minimum absolute atomic E-state index is 0.0668. The molecule has 1 unspecified atom stereocenters. The summed E-state index contributed by atoms with van der Waals surface area (Å²) >= 11 is 5.91. The van der Waals surface area contributed by atoms with E-state index >= 15 is 0 Å². The lowest BCUT2D eigenvalue weighted by atomic mass is 10.2. The minimum atomic E-state index is 0.0668. The van der Waals surface area contributed by atoms with Gasteiger partial charge in [0.25, 0.3) is 5.91 Å². The molecule has 1 saturated heterocycles. The number of benzene rings is 2. The van der Waals surface area contributed by atoms with E-state index in [9.17, 15) is 4.79 Å². The molecule has 1 aliphatic heterocycles. The molecule has 5 nitrogen and oxygen atoms in total. The van der Waals surface area contributed by atoms with E-state index in [-0.39, 0.29) is 12.0 Å². The zero-order valence-corrected chi connectivity index (χ0v) is 16.7. The van der Waals surface area contributed by atoms with Crippen LogP contribution in [0.1, 0.15) is 17.4 Å². The van der Waals surface area contributed by atoms with Gasteiger partial charge < -0.3 is 14.6 Å². The first-order chi connectivity index (χ1) is 13.6. The first-order valence-corrected chi connectivity index (χ1v) is 9.98. The summed E-state index contributed by atoms with van der Waals surface area (Å²) in [5.41, 5.74) is 1.66. The summed E-state index contributed by atoms with van der Waals surface area (Å²) in [5.74, 6) is 0.894. The van der Waals surface area contributed by atoms with Crippen LogP contribution in [0.25, 0.3) is 10.9 Å². The fourth-order valence-electron chi connectivity index (χ4n) is 3.64. The zero-order chi connectivity index (χ0) is 19.5. The number of fused-ring (bicyclic) bond motifs is 1. The second-order valence-corrected chi connectivity index (χ2v) is 7.68. The van der Waals surface area contributed by atoms with Gasteiger partial charge in [-0.2, -0.15) is 0 Å². The Kier molecular flexibility index (Phi) is 5.55. The molecule has 2 aromatic carbocycles. The highest BCUT2D eigenvalue weighted by molar-refractivity contribution is 6.30. The molecule has 0 aliphatic carbocycles. The number of nitrogens with zero attached hydrogens (tertiary/aromatic N) is 2. The fourth-order valence-corrected chi connectivity index (χ4v) is 3.76. The van der Waals surface area contributed by atoms with E-state index < -0.39 is 0 Å². The Morgan fingerprint density at radius 1 is 1.11 bits per heavy atom. The van der Waals surface area contributed by atoms with Crippen molar-refractivity contribution in [2.24, 2.45) is 0 Å². The largest absolute Gasteiger partial charge is 0.489 e. The summed E-state index contributed by atoms with van der Waals surface area (Å²) in [4.78, 5) is 20.3. The predicted molar refractivity (Wildman–Crippen MR) is 112 cm³/mol. The molecule has 0 saturated carbocycles. The van der Waals surface area contributed by atoms with Crippen LogP contribution in [0.5, 0.6) is 5.75 Å². The monoisotopic (exact) mass is 397 g/mol. The van der Waals surface area contributed by atoms with E-state index in [4.69, 9.17) is 16.3 Å². The maximum atomic E-state index is 12.8. The Morgan fingerprint density at radius 3 is 2.54 bits per heavy atom. The molecule has 0 spiro atoms. The van der Waals surface area contributed by atoms with Crippen LogP contribution in [0.2, 0.25) is 5.02 Å². The summed E-state index contributed by atoms with van der Waals surface area (Å²) in [6.45, 7) is 6.04. The zero-order valence-electron chi connectivity index (χ0n) is 15.9. The SMILES string of the molecule is CC(CN1CCN(C(=O)c2cc3ccccc3[nH]2)CC1)Oc1ccc(Cl)cc1. The van der Waals surface area contributed by atoms with E-state index in [1.807, 2.05) is 59.5 Å². The Morgan fingerprint density at radius 2 is 1.82 bits per heavy atom. The number of piperazine rings is 1. The molecule has 1 atom stereocenters. The second kappa shape index (κ2) is 8.25. The van der Waals surface area contributed by atoms with Gasteiger partial charge in [-0.3, -0.25) is 9.69 Å². The fraction of sp³-hybridized carbons (Fsp3) is 0.318. The van der Waals surface area contributed by atoms with Crippen LogP contribution in [-0.2, 0) is 0 Å². The molecule has 146 valence electrons. The number of hydrogen-bond acceptors (Lipinski definition) is 3. The van der Waals surface area contributed by atoms with E-state index in [0.29, 0.717) is 10.7 Å². The second-order valence-electron chi connectivity index (χ2n) is 7.25. The van der Waals surface area contributed by atoms with Gasteiger partial charge in [-0.25, -0.2) is 0 Å². The van der Waals surface area contributed by atoms with Crippen molar-refractivity contribution in [2.45, 2.75) is 13.0 Å². The number of amides is 1. The summed E-state index contributed by atoms with van der Waals surface area (Å²) < 4.78 is 5.96. The van der Waals surface area contributed by atoms with Gasteiger partial charge in [0.1, 0.15) is 17.5 Å². The highest BCUT2D eigenvalue weighted by atomic mass is 35.5. The van der Waals surface area contributed by atoms with Gasteiger partial charge in [0.05, 0.1) is 0 Å². The molecule has 1 fully saturated rings. The van der Waals surface area contributed by atoms with E-state index in [0.717, 1.165) is 49.4 Å². The summed E-state index contributed by atoms with van der Waals surface area (Å²) in [7, 11) is 0. The molecule has 3 aromatic rings. The van der Waals surface area contributed by atoms with Crippen molar-refractivity contribution in [3.63, 3.8) is 0 Å². The highest BCUT2D eigenvalue weighted by Crippen LogP contribution is 2.19. The number of aromatic amines is 1. The first-order valence-electron chi connectivity index (χ1n) is 9.60. The Labute approximate surface area is 169 Å². The molecule has 1 aliphatic rings. The van der Waals surface area contributed by atoms with Crippen LogP contribution < -0.4 is 4.74 Å². The van der Waals surface area contributed by atoms with Crippen LogP contribution in [0.3, 0.4) is 0 Å². The average Bonchev–Trinajstić information content (AvgIpc) is 3.14. The van der Waals surface area contributed by atoms with E-state index in [1.165, 1.54) is 0 Å². The number of aromatic nitrogens is 1. The first kappa shape index (κ1) is 18.8. The van der Waals surface area contributed by atoms with Gasteiger partial charge in [-0.05, 0) is 43.3 Å². The third kappa shape index (κ3) is 4.32. The molecule has 0 bridgehead atoms. The Bertz CT molecular complexity index is 913. The third-order valence-corrected chi connectivity index (χ3v) is 5.34. The molecule has 1 N–H and O–H groups in total.